The molecule has 0 saturated carbocycles. The third-order valence-electron chi connectivity index (χ3n) is 3.19. The lowest BCUT2D eigenvalue weighted by atomic mass is 10.1. The summed E-state index contributed by atoms with van der Waals surface area (Å²) in [5, 5.41) is 14.6. The van der Waals surface area contributed by atoms with Crippen LogP contribution < -0.4 is 5.32 Å². The van der Waals surface area contributed by atoms with Crippen LogP contribution in [0.15, 0.2) is 11.6 Å². The molecule has 19 heavy (non-hydrogen) atoms. The van der Waals surface area contributed by atoms with Crippen LogP contribution >= 0.6 is 11.3 Å². The summed E-state index contributed by atoms with van der Waals surface area (Å²) in [6.07, 6.45) is 2.92. The molecule has 1 saturated heterocycles. The first-order chi connectivity index (χ1) is 8.92. The van der Waals surface area contributed by atoms with Crippen molar-refractivity contribution in [2.75, 3.05) is 6.54 Å². The van der Waals surface area contributed by atoms with Gasteiger partial charge in [-0.05, 0) is 26.7 Å². The SMILES string of the molecule is CC(C)(NC(=O)N1CCC[C@@H]1C(=O)O)c1nccs1. The Morgan fingerprint density at radius 1 is 1.58 bits per heavy atom. The highest BCUT2D eigenvalue weighted by atomic mass is 32.1. The average Bonchev–Trinajstić information content (AvgIpc) is 3.00. The lowest BCUT2D eigenvalue weighted by molar-refractivity contribution is -0.141. The number of thiazole rings is 1. The molecule has 0 spiro atoms. The van der Waals surface area contributed by atoms with E-state index in [2.05, 4.69) is 10.3 Å². The fourth-order valence-corrected chi connectivity index (χ4v) is 2.91. The molecule has 1 aliphatic rings. The van der Waals surface area contributed by atoms with E-state index < -0.39 is 17.6 Å². The summed E-state index contributed by atoms with van der Waals surface area (Å²) < 4.78 is 0. The molecule has 2 N–H and O–H groups in total. The van der Waals surface area contributed by atoms with E-state index in [1.54, 1.807) is 6.20 Å². The Kier molecular flexibility index (Phi) is 3.75. The third-order valence-corrected chi connectivity index (χ3v) is 4.28. The van der Waals surface area contributed by atoms with Gasteiger partial charge in [0.05, 0.1) is 5.54 Å². The monoisotopic (exact) mass is 283 g/mol. The van der Waals surface area contributed by atoms with Gasteiger partial charge in [-0.1, -0.05) is 0 Å². The number of aliphatic carboxylic acids is 1. The van der Waals surface area contributed by atoms with Crippen molar-refractivity contribution in [3.05, 3.63) is 16.6 Å². The van der Waals surface area contributed by atoms with Crippen LogP contribution in [0.4, 0.5) is 4.79 Å². The van der Waals surface area contributed by atoms with E-state index in [0.717, 1.165) is 11.4 Å². The predicted octanol–water partition coefficient (Wildman–Crippen LogP) is 1.64. The largest absolute Gasteiger partial charge is 0.480 e. The molecule has 1 aliphatic heterocycles. The maximum absolute atomic E-state index is 12.2. The molecule has 0 aliphatic carbocycles. The van der Waals surface area contributed by atoms with Crippen LogP contribution in [-0.2, 0) is 10.3 Å². The second-order valence-electron chi connectivity index (χ2n) is 5.08. The summed E-state index contributed by atoms with van der Waals surface area (Å²) >= 11 is 1.46. The van der Waals surface area contributed by atoms with E-state index in [4.69, 9.17) is 5.11 Å². The van der Waals surface area contributed by atoms with E-state index in [1.807, 2.05) is 19.2 Å². The molecule has 1 atom stereocenters. The molecule has 7 heteroatoms. The van der Waals surface area contributed by atoms with Crippen LogP contribution in [0.25, 0.3) is 0 Å². The number of carboxylic acids is 1. The Morgan fingerprint density at radius 2 is 2.32 bits per heavy atom. The van der Waals surface area contributed by atoms with Gasteiger partial charge in [0.25, 0.3) is 0 Å². The molecule has 1 aromatic heterocycles. The van der Waals surface area contributed by atoms with Gasteiger partial charge >= 0.3 is 12.0 Å². The maximum atomic E-state index is 12.2. The number of urea groups is 1. The van der Waals surface area contributed by atoms with Crippen molar-refractivity contribution in [1.29, 1.82) is 0 Å². The molecule has 2 rings (SSSR count). The van der Waals surface area contributed by atoms with E-state index in [0.29, 0.717) is 13.0 Å². The van der Waals surface area contributed by atoms with E-state index >= 15 is 0 Å². The van der Waals surface area contributed by atoms with Crippen molar-refractivity contribution in [1.82, 2.24) is 15.2 Å². The molecule has 0 radical (unpaired) electrons. The fraction of sp³-hybridized carbons (Fsp3) is 0.583. The average molecular weight is 283 g/mol. The number of rotatable bonds is 3. The van der Waals surface area contributed by atoms with Crippen molar-refractivity contribution in [3.63, 3.8) is 0 Å². The molecular formula is C12H17N3O3S. The molecule has 0 bridgehead atoms. The Hall–Kier alpha value is -1.63. The molecule has 0 unspecified atom stereocenters. The van der Waals surface area contributed by atoms with Gasteiger partial charge in [0, 0.05) is 18.1 Å². The number of hydrogen-bond acceptors (Lipinski definition) is 4. The van der Waals surface area contributed by atoms with Gasteiger partial charge < -0.3 is 15.3 Å². The first-order valence-corrected chi connectivity index (χ1v) is 7.01. The van der Waals surface area contributed by atoms with E-state index in [-0.39, 0.29) is 6.03 Å². The van der Waals surface area contributed by atoms with Gasteiger partial charge in [-0.3, -0.25) is 0 Å². The lowest BCUT2D eigenvalue weighted by Crippen LogP contribution is -2.51. The Bertz CT molecular complexity index is 473. The zero-order valence-electron chi connectivity index (χ0n) is 10.9. The number of nitrogens with one attached hydrogen (secondary N) is 1. The number of carbonyl (C=O) groups is 2. The van der Waals surface area contributed by atoms with Crippen LogP contribution in [0, 0.1) is 0 Å². The maximum Gasteiger partial charge on any atom is 0.326 e. The Labute approximate surface area is 115 Å². The van der Waals surface area contributed by atoms with Crippen LogP contribution in [0.5, 0.6) is 0 Å². The van der Waals surface area contributed by atoms with Crippen LogP contribution in [0.3, 0.4) is 0 Å². The number of nitrogens with zero attached hydrogens (tertiary/aromatic N) is 2. The van der Waals surface area contributed by atoms with Gasteiger partial charge in [-0.2, -0.15) is 0 Å². The molecule has 6 nitrogen and oxygen atoms in total. The van der Waals surface area contributed by atoms with Crippen molar-refractivity contribution in [3.8, 4) is 0 Å². The smallest absolute Gasteiger partial charge is 0.326 e. The van der Waals surface area contributed by atoms with Crippen LogP contribution in [0.1, 0.15) is 31.7 Å². The first-order valence-electron chi connectivity index (χ1n) is 6.13. The molecule has 104 valence electrons. The third kappa shape index (κ3) is 2.86. The number of aromatic nitrogens is 1. The van der Waals surface area contributed by atoms with Gasteiger partial charge in [0.2, 0.25) is 0 Å². The van der Waals surface area contributed by atoms with E-state index in [1.165, 1.54) is 16.2 Å². The zero-order chi connectivity index (χ0) is 14.0. The summed E-state index contributed by atoms with van der Waals surface area (Å²) in [5.74, 6) is -0.945. The van der Waals surface area contributed by atoms with Crippen molar-refractivity contribution < 1.29 is 14.7 Å². The van der Waals surface area contributed by atoms with Crippen molar-refractivity contribution >= 4 is 23.3 Å². The molecule has 2 amide bonds. The Balaban J connectivity index is 2.07. The standard InChI is InChI=1S/C12H17N3O3S/c1-12(2,10-13-5-7-19-10)14-11(18)15-6-3-4-8(15)9(16)17/h5,7-8H,3-4,6H2,1-2H3,(H,14,18)(H,16,17)/t8-/m1/s1. The highest BCUT2D eigenvalue weighted by molar-refractivity contribution is 7.09. The van der Waals surface area contributed by atoms with Gasteiger partial charge in [-0.15, -0.1) is 11.3 Å². The fourth-order valence-electron chi connectivity index (χ4n) is 2.19. The minimum absolute atomic E-state index is 0.342. The van der Waals surface area contributed by atoms with Crippen LogP contribution in [0.2, 0.25) is 0 Å². The van der Waals surface area contributed by atoms with Gasteiger partial charge in [0.1, 0.15) is 11.0 Å². The highest BCUT2D eigenvalue weighted by Crippen LogP contribution is 2.24. The molecular weight excluding hydrogens is 266 g/mol. The number of amides is 2. The van der Waals surface area contributed by atoms with E-state index in [9.17, 15) is 9.59 Å². The summed E-state index contributed by atoms with van der Waals surface area (Å²) in [6, 6.07) is -1.06. The topological polar surface area (TPSA) is 82.5 Å². The van der Waals surface area contributed by atoms with Crippen molar-refractivity contribution in [2.45, 2.75) is 38.3 Å². The van der Waals surface area contributed by atoms with Crippen molar-refractivity contribution in [2.24, 2.45) is 0 Å². The molecule has 0 aromatic carbocycles. The highest BCUT2D eigenvalue weighted by Gasteiger charge is 2.36. The number of carboxylic acid groups (broad SMARTS) is 1. The summed E-state index contributed by atoms with van der Waals surface area (Å²) in [7, 11) is 0. The molecule has 1 aromatic rings. The predicted molar refractivity (Wildman–Crippen MR) is 71.0 cm³/mol. The normalized spacial score (nSPS) is 19.5. The Morgan fingerprint density at radius 3 is 2.89 bits per heavy atom. The molecule has 1 fully saturated rings. The zero-order valence-corrected chi connectivity index (χ0v) is 11.7. The quantitative estimate of drug-likeness (QED) is 0.883. The second-order valence-corrected chi connectivity index (χ2v) is 5.98. The minimum Gasteiger partial charge on any atom is -0.480 e. The number of carbonyl (C=O) groups excluding carboxylic acids is 1. The van der Waals surface area contributed by atoms with Gasteiger partial charge in [-0.25, -0.2) is 14.6 Å². The number of likely N-dealkylation sites (tertiary alicyclic amines) is 1. The summed E-state index contributed by atoms with van der Waals surface area (Å²) in [4.78, 5) is 28.9. The first kappa shape index (κ1) is 13.8. The minimum atomic E-state index is -0.945. The molecule has 2 heterocycles. The number of hydrogen-bond donors (Lipinski definition) is 2. The lowest BCUT2D eigenvalue weighted by Gasteiger charge is -2.29. The summed E-state index contributed by atoms with van der Waals surface area (Å²) in [6.45, 7) is 4.20. The second kappa shape index (κ2) is 5.16. The summed E-state index contributed by atoms with van der Waals surface area (Å²) in [5.41, 5.74) is -0.600. The van der Waals surface area contributed by atoms with Gasteiger partial charge in [0.15, 0.2) is 0 Å². The van der Waals surface area contributed by atoms with Crippen LogP contribution in [-0.4, -0.2) is 39.6 Å².